The average molecular weight is 263 g/mol. The minimum atomic E-state index is 0.297. The second-order valence-electron chi connectivity index (χ2n) is 4.45. The van der Waals surface area contributed by atoms with Crippen LogP contribution in [0.15, 0.2) is 5.03 Å². The van der Waals surface area contributed by atoms with E-state index in [4.69, 9.17) is 10.00 Å². The van der Waals surface area contributed by atoms with E-state index in [1.807, 2.05) is 13.8 Å². The third kappa shape index (κ3) is 3.21. The number of aromatic nitrogens is 2. The van der Waals surface area contributed by atoms with Crippen LogP contribution in [-0.2, 0) is 4.74 Å². The van der Waals surface area contributed by atoms with Crippen molar-refractivity contribution < 1.29 is 4.74 Å². The molecule has 0 unspecified atom stereocenters. The Labute approximate surface area is 112 Å². The van der Waals surface area contributed by atoms with Gasteiger partial charge < -0.3 is 4.74 Å². The Kier molecular flexibility index (Phi) is 4.56. The molecule has 0 bridgehead atoms. The molecule has 4 nitrogen and oxygen atoms in total. The number of nitriles is 1. The van der Waals surface area contributed by atoms with E-state index < -0.39 is 0 Å². The molecule has 0 saturated carbocycles. The Balaban J connectivity index is 2.06. The fourth-order valence-corrected chi connectivity index (χ4v) is 3.17. The summed E-state index contributed by atoms with van der Waals surface area (Å²) in [5, 5.41) is 9.94. The molecule has 0 amide bonds. The molecule has 2 heterocycles. The number of ether oxygens (including phenoxy) is 1. The van der Waals surface area contributed by atoms with E-state index in [0.29, 0.717) is 11.7 Å². The van der Waals surface area contributed by atoms with Gasteiger partial charge in [-0.3, -0.25) is 0 Å². The van der Waals surface area contributed by atoms with Gasteiger partial charge in [0.15, 0.2) is 0 Å². The summed E-state index contributed by atoms with van der Waals surface area (Å²) in [6.07, 6.45) is 3.80. The van der Waals surface area contributed by atoms with Crippen molar-refractivity contribution in [1.82, 2.24) is 9.97 Å². The largest absolute Gasteiger partial charge is 0.377 e. The lowest BCUT2D eigenvalue weighted by Crippen LogP contribution is -2.21. The number of hydrogen-bond acceptors (Lipinski definition) is 5. The molecule has 18 heavy (non-hydrogen) atoms. The number of aryl methyl sites for hydroxylation is 2. The Morgan fingerprint density at radius 2 is 2.22 bits per heavy atom. The van der Waals surface area contributed by atoms with E-state index >= 15 is 0 Å². The minimum Gasteiger partial charge on any atom is -0.377 e. The van der Waals surface area contributed by atoms with Gasteiger partial charge in [-0.2, -0.15) is 5.26 Å². The number of thioether (sulfide) groups is 1. The lowest BCUT2D eigenvalue weighted by molar-refractivity contribution is 0.0315. The van der Waals surface area contributed by atoms with Crippen molar-refractivity contribution in [1.29, 1.82) is 5.26 Å². The van der Waals surface area contributed by atoms with Crippen molar-refractivity contribution in [2.45, 2.75) is 44.2 Å². The summed E-state index contributed by atoms with van der Waals surface area (Å²) >= 11 is 1.61. The van der Waals surface area contributed by atoms with Crippen LogP contribution in [0.5, 0.6) is 0 Å². The van der Waals surface area contributed by atoms with Gasteiger partial charge >= 0.3 is 0 Å². The molecular weight excluding hydrogens is 246 g/mol. The maximum Gasteiger partial charge on any atom is 0.126 e. The highest BCUT2D eigenvalue weighted by Gasteiger charge is 2.17. The van der Waals surface area contributed by atoms with Crippen molar-refractivity contribution in [3.8, 4) is 6.07 Å². The van der Waals surface area contributed by atoms with Crippen molar-refractivity contribution in [2.75, 3.05) is 12.4 Å². The molecule has 0 aliphatic carbocycles. The molecule has 5 heteroatoms. The molecule has 1 aliphatic heterocycles. The summed E-state index contributed by atoms with van der Waals surface area (Å²) in [5.41, 5.74) is 1.36. The topological polar surface area (TPSA) is 58.8 Å². The Morgan fingerprint density at radius 3 is 2.89 bits per heavy atom. The van der Waals surface area contributed by atoms with Crippen molar-refractivity contribution in [3.05, 3.63) is 17.1 Å². The van der Waals surface area contributed by atoms with Gasteiger partial charge in [0.2, 0.25) is 0 Å². The quantitative estimate of drug-likeness (QED) is 0.619. The fraction of sp³-hybridized carbons (Fsp3) is 0.615. The molecule has 1 saturated heterocycles. The van der Waals surface area contributed by atoms with E-state index in [1.165, 1.54) is 6.42 Å². The van der Waals surface area contributed by atoms with Gasteiger partial charge in [0.25, 0.3) is 0 Å². The van der Waals surface area contributed by atoms with Crippen LogP contribution in [0.3, 0.4) is 0 Å². The summed E-state index contributed by atoms with van der Waals surface area (Å²) in [6.45, 7) is 4.57. The summed E-state index contributed by atoms with van der Waals surface area (Å²) in [6, 6.07) is 2.19. The Bertz CT molecular complexity index is 464. The molecule has 2 rings (SSSR count). The molecule has 0 N–H and O–H groups in total. The molecule has 96 valence electrons. The van der Waals surface area contributed by atoms with E-state index in [2.05, 4.69) is 16.0 Å². The summed E-state index contributed by atoms with van der Waals surface area (Å²) < 4.78 is 5.69. The maximum absolute atomic E-state index is 9.15. The third-order valence-electron chi connectivity index (χ3n) is 2.96. The second-order valence-corrected chi connectivity index (χ2v) is 5.46. The molecule has 0 spiro atoms. The van der Waals surface area contributed by atoms with Crippen LogP contribution in [-0.4, -0.2) is 28.4 Å². The molecule has 1 aromatic rings. The van der Waals surface area contributed by atoms with Gasteiger partial charge in [-0.15, -0.1) is 11.8 Å². The first-order valence-corrected chi connectivity index (χ1v) is 7.19. The second kappa shape index (κ2) is 6.17. The van der Waals surface area contributed by atoms with Crippen molar-refractivity contribution in [3.63, 3.8) is 0 Å². The maximum atomic E-state index is 9.15. The van der Waals surface area contributed by atoms with E-state index in [-0.39, 0.29) is 0 Å². The van der Waals surface area contributed by atoms with Crippen LogP contribution < -0.4 is 0 Å². The van der Waals surface area contributed by atoms with Gasteiger partial charge in [0.1, 0.15) is 22.5 Å². The van der Waals surface area contributed by atoms with Crippen molar-refractivity contribution in [2.24, 2.45) is 0 Å². The van der Waals surface area contributed by atoms with Crippen LogP contribution in [0.1, 0.15) is 36.3 Å². The first kappa shape index (κ1) is 13.3. The predicted octanol–water partition coefficient (Wildman–Crippen LogP) is 2.63. The monoisotopic (exact) mass is 263 g/mol. The molecule has 1 atom stereocenters. The standard InChI is InChI=1S/C13H17N3OS/c1-9-12(7-14)13(16-10(2)15-9)18-8-11-5-3-4-6-17-11/h11H,3-6,8H2,1-2H3/t11-/m1/s1. The van der Waals surface area contributed by atoms with Gasteiger partial charge in [-0.25, -0.2) is 9.97 Å². The first-order chi connectivity index (χ1) is 8.70. The SMILES string of the molecule is Cc1nc(C)c(C#N)c(SC[C@H]2CCCCO2)n1. The number of rotatable bonds is 3. The minimum absolute atomic E-state index is 0.297. The third-order valence-corrected chi connectivity index (χ3v) is 4.07. The van der Waals surface area contributed by atoms with Crippen molar-refractivity contribution >= 4 is 11.8 Å². The van der Waals surface area contributed by atoms with Crippen LogP contribution in [0.2, 0.25) is 0 Å². The average Bonchev–Trinajstić information content (AvgIpc) is 2.37. The van der Waals surface area contributed by atoms with Crippen LogP contribution in [0.25, 0.3) is 0 Å². The van der Waals surface area contributed by atoms with Crippen LogP contribution in [0, 0.1) is 25.2 Å². The van der Waals surface area contributed by atoms with Crippen LogP contribution >= 0.6 is 11.8 Å². The van der Waals surface area contributed by atoms with Gasteiger partial charge in [0, 0.05) is 12.4 Å². The smallest absolute Gasteiger partial charge is 0.126 e. The predicted molar refractivity (Wildman–Crippen MR) is 70.5 cm³/mol. The zero-order valence-electron chi connectivity index (χ0n) is 10.8. The van der Waals surface area contributed by atoms with E-state index in [1.54, 1.807) is 11.8 Å². The van der Waals surface area contributed by atoms with Gasteiger partial charge in [-0.05, 0) is 33.1 Å². The Morgan fingerprint density at radius 1 is 1.39 bits per heavy atom. The summed E-state index contributed by atoms with van der Waals surface area (Å²) in [7, 11) is 0. The number of hydrogen-bond donors (Lipinski definition) is 0. The lowest BCUT2D eigenvalue weighted by atomic mass is 10.1. The zero-order chi connectivity index (χ0) is 13.0. The molecule has 0 aromatic carbocycles. The molecule has 1 aliphatic rings. The molecular formula is C13H17N3OS. The normalized spacial score (nSPS) is 19.5. The molecule has 0 radical (unpaired) electrons. The molecule has 1 aromatic heterocycles. The summed E-state index contributed by atoms with van der Waals surface area (Å²) in [5.74, 6) is 1.59. The number of nitrogens with zero attached hydrogens (tertiary/aromatic N) is 3. The highest BCUT2D eigenvalue weighted by Crippen LogP contribution is 2.25. The highest BCUT2D eigenvalue weighted by atomic mass is 32.2. The lowest BCUT2D eigenvalue weighted by Gasteiger charge is -2.22. The fourth-order valence-electron chi connectivity index (χ4n) is 2.03. The van der Waals surface area contributed by atoms with Gasteiger partial charge in [-0.1, -0.05) is 0 Å². The first-order valence-electron chi connectivity index (χ1n) is 6.20. The summed E-state index contributed by atoms with van der Waals surface area (Å²) in [4.78, 5) is 8.58. The van der Waals surface area contributed by atoms with E-state index in [0.717, 1.165) is 41.7 Å². The van der Waals surface area contributed by atoms with E-state index in [9.17, 15) is 0 Å². The Hall–Kier alpha value is -1.12. The zero-order valence-corrected chi connectivity index (χ0v) is 11.6. The highest BCUT2D eigenvalue weighted by molar-refractivity contribution is 7.99. The van der Waals surface area contributed by atoms with Crippen LogP contribution in [0.4, 0.5) is 0 Å². The molecule has 1 fully saturated rings. The van der Waals surface area contributed by atoms with Gasteiger partial charge in [0.05, 0.1) is 11.8 Å².